The van der Waals surface area contributed by atoms with Crippen LogP contribution in [0.2, 0.25) is 0 Å². The molecule has 25 heavy (non-hydrogen) atoms. The van der Waals surface area contributed by atoms with Crippen LogP contribution in [-0.4, -0.2) is 42.7 Å². The van der Waals surface area contributed by atoms with E-state index in [0.29, 0.717) is 19.0 Å². The standard InChI is InChI=1S/C18H22N4O3/c1-12-20-9-14(16(19)22-12)17(23)21-10-18(11-24-2)15-6-4-3-5-13(15)7-8-25-18/h3-6,9H,7-8,10-11H2,1-2H3,(H,21,23)(H2,19,20,22)/t18-/m0/s1. The van der Waals surface area contributed by atoms with Gasteiger partial charge in [0, 0.05) is 13.3 Å². The molecular formula is C18H22N4O3. The van der Waals surface area contributed by atoms with Gasteiger partial charge in [0.05, 0.1) is 25.3 Å². The van der Waals surface area contributed by atoms with Gasteiger partial charge in [-0.25, -0.2) is 9.97 Å². The minimum Gasteiger partial charge on any atom is -0.383 e. The van der Waals surface area contributed by atoms with Gasteiger partial charge in [-0.1, -0.05) is 24.3 Å². The average Bonchev–Trinajstić information content (AvgIpc) is 2.60. The molecule has 3 rings (SSSR count). The molecule has 7 heteroatoms. The minimum atomic E-state index is -0.723. The zero-order valence-electron chi connectivity index (χ0n) is 14.4. The summed E-state index contributed by atoms with van der Waals surface area (Å²) in [6.07, 6.45) is 2.28. The Kier molecular flexibility index (Phi) is 4.96. The number of anilines is 1. The largest absolute Gasteiger partial charge is 0.383 e. The second-order valence-electron chi connectivity index (χ2n) is 6.08. The number of nitrogens with two attached hydrogens (primary N) is 1. The molecule has 0 spiro atoms. The van der Waals surface area contributed by atoms with Crippen LogP contribution < -0.4 is 11.1 Å². The van der Waals surface area contributed by atoms with E-state index in [1.165, 1.54) is 11.8 Å². The molecule has 132 valence electrons. The first-order valence-electron chi connectivity index (χ1n) is 8.14. The first kappa shape index (κ1) is 17.3. The highest BCUT2D eigenvalue weighted by atomic mass is 16.5. The molecule has 1 atom stereocenters. The van der Waals surface area contributed by atoms with Crippen molar-refractivity contribution in [1.82, 2.24) is 15.3 Å². The third-order valence-electron chi connectivity index (χ3n) is 4.35. The summed E-state index contributed by atoms with van der Waals surface area (Å²) in [6.45, 7) is 2.90. The maximum atomic E-state index is 12.5. The molecule has 3 N–H and O–H groups in total. The molecule has 0 saturated heterocycles. The molecule has 0 fully saturated rings. The number of benzene rings is 1. The van der Waals surface area contributed by atoms with Crippen LogP contribution in [0.4, 0.5) is 5.82 Å². The maximum absolute atomic E-state index is 12.5. The number of fused-ring (bicyclic) bond motifs is 1. The van der Waals surface area contributed by atoms with Crippen LogP contribution in [-0.2, 0) is 21.5 Å². The van der Waals surface area contributed by atoms with Crippen LogP contribution >= 0.6 is 0 Å². The second-order valence-corrected chi connectivity index (χ2v) is 6.08. The van der Waals surface area contributed by atoms with Gasteiger partial charge in [-0.3, -0.25) is 4.79 Å². The fraction of sp³-hybridized carbons (Fsp3) is 0.389. The van der Waals surface area contributed by atoms with E-state index in [1.54, 1.807) is 14.0 Å². The Morgan fingerprint density at radius 3 is 3.00 bits per heavy atom. The Balaban J connectivity index is 1.83. The summed E-state index contributed by atoms with van der Waals surface area (Å²) in [4.78, 5) is 20.6. The molecule has 1 aliphatic heterocycles. The van der Waals surface area contributed by atoms with E-state index in [2.05, 4.69) is 21.4 Å². The van der Waals surface area contributed by atoms with Crippen LogP contribution in [0, 0.1) is 6.92 Å². The fourth-order valence-electron chi connectivity index (χ4n) is 3.15. The topological polar surface area (TPSA) is 99.4 Å². The van der Waals surface area contributed by atoms with Gasteiger partial charge in [0.1, 0.15) is 17.2 Å². The van der Waals surface area contributed by atoms with Gasteiger partial charge in [-0.05, 0) is 24.5 Å². The Labute approximate surface area is 146 Å². The lowest BCUT2D eigenvalue weighted by Crippen LogP contribution is -2.48. The van der Waals surface area contributed by atoms with Gasteiger partial charge in [0.2, 0.25) is 0 Å². The number of carbonyl (C=O) groups excluding carboxylic acids is 1. The number of methoxy groups -OCH3 is 1. The molecule has 2 aromatic rings. The number of ether oxygens (including phenoxy) is 2. The fourth-order valence-corrected chi connectivity index (χ4v) is 3.15. The van der Waals surface area contributed by atoms with Crippen LogP contribution in [0.15, 0.2) is 30.5 Å². The highest BCUT2D eigenvalue weighted by Gasteiger charge is 2.38. The van der Waals surface area contributed by atoms with E-state index in [-0.39, 0.29) is 23.8 Å². The van der Waals surface area contributed by atoms with E-state index < -0.39 is 5.60 Å². The summed E-state index contributed by atoms with van der Waals surface area (Å²) >= 11 is 0. The monoisotopic (exact) mass is 342 g/mol. The third-order valence-corrected chi connectivity index (χ3v) is 4.35. The molecule has 0 bridgehead atoms. The molecule has 1 aliphatic rings. The number of nitrogens with zero attached hydrogens (tertiary/aromatic N) is 2. The summed E-state index contributed by atoms with van der Waals surface area (Å²) in [6, 6.07) is 8.06. The van der Waals surface area contributed by atoms with Crippen molar-refractivity contribution < 1.29 is 14.3 Å². The predicted molar refractivity (Wildman–Crippen MR) is 93.2 cm³/mol. The van der Waals surface area contributed by atoms with Crippen molar-refractivity contribution in [2.45, 2.75) is 18.9 Å². The van der Waals surface area contributed by atoms with Gasteiger partial charge >= 0.3 is 0 Å². The molecule has 0 radical (unpaired) electrons. The van der Waals surface area contributed by atoms with Crippen molar-refractivity contribution in [1.29, 1.82) is 0 Å². The zero-order chi connectivity index (χ0) is 17.9. The van der Waals surface area contributed by atoms with Gasteiger partial charge in [-0.15, -0.1) is 0 Å². The van der Waals surface area contributed by atoms with Crippen molar-refractivity contribution in [3.05, 3.63) is 53.0 Å². The third kappa shape index (κ3) is 3.47. The Bertz CT molecular complexity index is 781. The van der Waals surface area contributed by atoms with Crippen molar-refractivity contribution in [3.8, 4) is 0 Å². The van der Waals surface area contributed by atoms with Crippen molar-refractivity contribution in [3.63, 3.8) is 0 Å². The summed E-state index contributed by atoms with van der Waals surface area (Å²) in [5, 5.41) is 2.89. The van der Waals surface area contributed by atoms with Gasteiger partial charge in [0.25, 0.3) is 5.91 Å². The van der Waals surface area contributed by atoms with Crippen LogP contribution in [0.1, 0.15) is 27.3 Å². The predicted octanol–water partition coefficient (Wildman–Crippen LogP) is 1.21. The van der Waals surface area contributed by atoms with Gasteiger partial charge < -0.3 is 20.5 Å². The Hall–Kier alpha value is -2.51. The number of hydrogen-bond donors (Lipinski definition) is 2. The van der Waals surface area contributed by atoms with Crippen molar-refractivity contribution in [2.24, 2.45) is 0 Å². The lowest BCUT2D eigenvalue weighted by atomic mass is 9.86. The minimum absolute atomic E-state index is 0.163. The number of amides is 1. The number of rotatable bonds is 5. The lowest BCUT2D eigenvalue weighted by Gasteiger charge is -2.38. The molecule has 1 aromatic heterocycles. The first-order chi connectivity index (χ1) is 12.1. The maximum Gasteiger partial charge on any atom is 0.256 e. The van der Waals surface area contributed by atoms with Crippen molar-refractivity contribution >= 4 is 11.7 Å². The summed E-state index contributed by atoms with van der Waals surface area (Å²) in [7, 11) is 1.62. The van der Waals surface area contributed by atoms with E-state index in [0.717, 1.165) is 12.0 Å². The normalized spacial score (nSPS) is 19.3. The van der Waals surface area contributed by atoms with E-state index in [1.807, 2.05) is 18.2 Å². The average molecular weight is 342 g/mol. The molecule has 7 nitrogen and oxygen atoms in total. The first-order valence-corrected chi connectivity index (χ1v) is 8.14. The number of hydrogen-bond acceptors (Lipinski definition) is 6. The SMILES string of the molecule is COC[C@]1(CNC(=O)c2cnc(C)nc2N)OCCc2ccccc21. The van der Waals surface area contributed by atoms with E-state index >= 15 is 0 Å². The highest BCUT2D eigenvalue weighted by Crippen LogP contribution is 2.33. The molecule has 0 aliphatic carbocycles. The number of nitrogen functional groups attached to an aromatic ring is 1. The molecule has 2 heterocycles. The molecule has 1 aromatic carbocycles. The number of nitrogens with one attached hydrogen (secondary N) is 1. The van der Waals surface area contributed by atoms with Gasteiger partial charge in [0.15, 0.2) is 0 Å². The molecule has 1 amide bonds. The number of carbonyl (C=O) groups is 1. The van der Waals surface area contributed by atoms with E-state index in [9.17, 15) is 4.79 Å². The smallest absolute Gasteiger partial charge is 0.256 e. The van der Waals surface area contributed by atoms with Crippen LogP contribution in [0.3, 0.4) is 0 Å². The quantitative estimate of drug-likeness (QED) is 0.847. The lowest BCUT2D eigenvalue weighted by molar-refractivity contribution is -0.0997. The summed E-state index contributed by atoms with van der Waals surface area (Å²) < 4.78 is 11.5. The summed E-state index contributed by atoms with van der Waals surface area (Å²) in [5.41, 5.74) is 7.61. The van der Waals surface area contributed by atoms with Gasteiger partial charge in [-0.2, -0.15) is 0 Å². The molecule has 0 unspecified atom stereocenters. The Morgan fingerprint density at radius 1 is 1.44 bits per heavy atom. The van der Waals surface area contributed by atoms with Crippen LogP contribution in [0.5, 0.6) is 0 Å². The molecule has 0 saturated carbocycles. The second kappa shape index (κ2) is 7.16. The zero-order valence-corrected chi connectivity index (χ0v) is 14.4. The van der Waals surface area contributed by atoms with E-state index in [4.69, 9.17) is 15.2 Å². The highest BCUT2D eigenvalue weighted by molar-refractivity contribution is 5.98. The van der Waals surface area contributed by atoms with Crippen molar-refractivity contribution in [2.75, 3.05) is 32.6 Å². The number of aromatic nitrogens is 2. The molecular weight excluding hydrogens is 320 g/mol. The summed E-state index contributed by atoms with van der Waals surface area (Å²) in [5.74, 6) is 0.352. The Morgan fingerprint density at radius 2 is 2.24 bits per heavy atom. The number of aryl methyl sites for hydroxylation is 1. The van der Waals surface area contributed by atoms with Crippen LogP contribution in [0.25, 0.3) is 0 Å².